The molecule has 14 heavy (non-hydrogen) atoms. The number of halogens is 2. The number of hydrogen-bond donors (Lipinski definition) is 0. The Morgan fingerprint density at radius 3 is 1.43 bits per heavy atom. The van der Waals surface area contributed by atoms with Crippen molar-refractivity contribution in [3.05, 3.63) is 0 Å². The first-order valence-corrected chi connectivity index (χ1v) is 5.33. The van der Waals surface area contributed by atoms with Gasteiger partial charge in [0.2, 0.25) is 0 Å². The maximum Gasteiger partial charge on any atom is 2.00 e. The van der Waals surface area contributed by atoms with Crippen LogP contribution in [0.4, 0.5) is 0 Å². The molecule has 4 rings (SSSR count). The summed E-state index contributed by atoms with van der Waals surface area (Å²) < 4.78 is 0. The molecule has 0 amide bonds. The number of rotatable bonds is 0. The molecule has 0 saturated heterocycles. The van der Waals surface area contributed by atoms with E-state index in [1.807, 2.05) is 0 Å². The molecule has 4 saturated carbocycles. The summed E-state index contributed by atoms with van der Waals surface area (Å²) in [7, 11) is 0. The second kappa shape index (κ2) is 5.88. The molecule has 4 aliphatic rings. The van der Waals surface area contributed by atoms with Crippen molar-refractivity contribution >= 4 is 23.1 Å². The van der Waals surface area contributed by atoms with Crippen molar-refractivity contribution in [1.82, 2.24) is 0 Å². The Balaban J connectivity index is 0.000000563. The Labute approximate surface area is 125 Å². The van der Waals surface area contributed by atoms with Crippen molar-refractivity contribution in [2.75, 3.05) is 0 Å². The van der Waals surface area contributed by atoms with E-state index in [2.05, 4.69) is 6.92 Å². The predicted octanol–water partition coefficient (Wildman–Crippen LogP) is -3.29. The van der Waals surface area contributed by atoms with Gasteiger partial charge in [0.1, 0.15) is 0 Å². The van der Waals surface area contributed by atoms with E-state index in [0.29, 0.717) is 0 Å². The standard InChI is InChI=1S/C11H18.2BrH.Mg/c1-7-10-3-8-2-9(5-10)6-11(7)4-8;;;/h7-11H,2-6H2,1H3;2*1H;/q;;;+2/p-2. The smallest absolute Gasteiger partial charge is 1.00 e. The van der Waals surface area contributed by atoms with Crippen LogP contribution >= 0.6 is 0 Å². The molecule has 0 aliphatic heterocycles. The van der Waals surface area contributed by atoms with Crippen molar-refractivity contribution in [3.8, 4) is 0 Å². The Hall–Kier alpha value is 1.73. The molecular formula is C11H18Br2Mg. The summed E-state index contributed by atoms with van der Waals surface area (Å²) in [5.74, 6) is 5.70. The molecule has 0 heterocycles. The first-order valence-electron chi connectivity index (χ1n) is 5.33. The van der Waals surface area contributed by atoms with Gasteiger partial charge in [0.25, 0.3) is 0 Å². The molecule has 4 bridgehead atoms. The molecule has 0 aromatic rings. The first kappa shape index (κ1) is 15.7. The summed E-state index contributed by atoms with van der Waals surface area (Å²) in [6.07, 6.45) is 7.96. The van der Waals surface area contributed by atoms with Crippen molar-refractivity contribution in [2.24, 2.45) is 29.6 Å². The van der Waals surface area contributed by atoms with Crippen molar-refractivity contribution in [2.45, 2.75) is 39.0 Å². The largest absolute Gasteiger partial charge is 2.00 e. The fourth-order valence-corrected chi connectivity index (χ4v) is 4.20. The third-order valence-electron chi connectivity index (χ3n) is 4.70. The molecule has 0 radical (unpaired) electrons. The molecule has 0 aromatic heterocycles. The molecule has 0 atom stereocenters. The molecule has 3 heteroatoms. The third kappa shape index (κ3) is 2.52. The molecule has 0 nitrogen and oxygen atoms in total. The fraction of sp³-hybridized carbons (Fsp3) is 1.00. The van der Waals surface area contributed by atoms with Crippen molar-refractivity contribution < 1.29 is 34.0 Å². The summed E-state index contributed by atoms with van der Waals surface area (Å²) in [4.78, 5) is 0. The van der Waals surface area contributed by atoms with Crippen LogP contribution in [0.25, 0.3) is 0 Å². The molecular weight excluding hydrogens is 316 g/mol. The molecule has 0 N–H and O–H groups in total. The SMILES string of the molecule is CC1C2CC3CC(C2)CC1C3.[Br-].[Br-].[Mg+2]. The third-order valence-corrected chi connectivity index (χ3v) is 4.70. The number of hydrogen-bond acceptors (Lipinski definition) is 0. The van der Waals surface area contributed by atoms with Gasteiger partial charge in [-0.05, 0) is 61.7 Å². The zero-order chi connectivity index (χ0) is 7.42. The Morgan fingerprint density at radius 2 is 1.07 bits per heavy atom. The molecule has 4 aliphatic carbocycles. The van der Waals surface area contributed by atoms with Crippen LogP contribution in [0.2, 0.25) is 0 Å². The minimum absolute atomic E-state index is 0. The van der Waals surface area contributed by atoms with Gasteiger partial charge in [0, 0.05) is 0 Å². The van der Waals surface area contributed by atoms with Gasteiger partial charge in [0.15, 0.2) is 0 Å². The van der Waals surface area contributed by atoms with Gasteiger partial charge in [-0.2, -0.15) is 0 Å². The average Bonchev–Trinajstić information content (AvgIpc) is 1.98. The first-order chi connectivity index (χ1) is 5.33. The summed E-state index contributed by atoms with van der Waals surface area (Å²) >= 11 is 0. The van der Waals surface area contributed by atoms with Gasteiger partial charge in [-0.15, -0.1) is 0 Å². The second-order valence-electron chi connectivity index (χ2n) is 5.29. The Bertz CT molecular complexity index is 156. The van der Waals surface area contributed by atoms with Crippen LogP contribution in [0.5, 0.6) is 0 Å². The summed E-state index contributed by atoms with van der Waals surface area (Å²) in [6, 6.07) is 0. The average molecular weight is 334 g/mol. The molecule has 0 unspecified atom stereocenters. The van der Waals surface area contributed by atoms with Crippen LogP contribution in [0.15, 0.2) is 0 Å². The normalized spacial score (nSPS) is 47.4. The molecule has 78 valence electrons. The monoisotopic (exact) mass is 332 g/mol. The maximum absolute atomic E-state index is 2.51. The summed E-state index contributed by atoms with van der Waals surface area (Å²) in [5, 5.41) is 0. The van der Waals surface area contributed by atoms with Gasteiger partial charge >= 0.3 is 23.1 Å². The van der Waals surface area contributed by atoms with E-state index < -0.39 is 0 Å². The van der Waals surface area contributed by atoms with Crippen LogP contribution in [0.3, 0.4) is 0 Å². The topological polar surface area (TPSA) is 0 Å². The van der Waals surface area contributed by atoms with Gasteiger partial charge in [-0.25, -0.2) is 0 Å². The van der Waals surface area contributed by atoms with Gasteiger partial charge in [-0.3, -0.25) is 0 Å². The Kier molecular flexibility index (Phi) is 6.60. The second-order valence-corrected chi connectivity index (χ2v) is 5.29. The van der Waals surface area contributed by atoms with E-state index >= 15 is 0 Å². The quantitative estimate of drug-likeness (QED) is 0.408. The van der Waals surface area contributed by atoms with E-state index in [4.69, 9.17) is 0 Å². The zero-order valence-corrected chi connectivity index (χ0v) is 13.5. The van der Waals surface area contributed by atoms with Crippen molar-refractivity contribution in [3.63, 3.8) is 0 Å². The van der Waals surface area contributed by atoms with Gasteiger partial charge in [-0.1, -0.05) is 6.92 Å². The van der Waals surface area contributed by atoms with Crippen LogP contribution in [-0.4, -0.2) is 23.1 Å². The van der Waals surface area contributed by atoms with Gasteiger partial charge in [0.05, 0.1) is 0 Å². The minimum Gasteiger partial charge on any atom is -1.00 e. The zero-order valence-electron chi connectivity index (χ0n) is 8.89. The van der Waals surface area contributed by atoms with E-state index in [1.165, 1.54) is 0 Å². The van der Waals surface area contributed by atoms with E-state index in [-0.39, 0.29) is 57.0 Å². The van der Waals surface area contributed by atoms with E-state index in [1.54, 1.807) is 32.1 Å². The molecule has 4 fully saturated rings. The van der Waals surface area contributed by atoms with E-state index in [0.717, 1.165) is 29.6 Å². The van der Waals surface area contributed by atoms with Crippen LogP contribution in [0, 0.1) is 29.6 Å². The van der Waals surface area contributed by atoms with Crippen LogP contribution in [-0.2, 0) is 0 Å². The van der Waals surface area contributed by atoms with Crippen LogP contribution < -0.4 is 34.0 Å². The Morgan fingerprint density at radius 1 is 0.714 bits per heavy atom. The minimum atomic E-state index is 0. The molecule has 0 aromatic carbocycles. The maximum atomic E-state index is 2.51. The predicted molar refractivity (Wildman–Crippen MR) is 52.0 cm³/mol. The fourth-order valence-electron chi connectivity index (χ4n) is 4.20. The van der Waals surface area contributed by atoms with Crippen molar-refractivity contribution in [1.29, 1.82) is 0 Å². The van der Waals surface area contributed by atoms with Crippen LogP contribution in [0.1, 0.15) is 39.0 Å². The molecule has 0 spiro atoms. The summed E-state index contributed by atoms with van der Waals surface area (Å²) in [5.41, 5.74) is 0. The van der Waals surface area contributed by atoms with Gasteiger partial charge < -0.3 is 34.0 Å². The summed E-state index contributed by atoms with van der Waals surface area (Å²) in [6.45, 7) is 2.51. The van der Waals surface area contributed by atoms with E-state index in [9.17, 15) is 0 Å².